The maximum Gasteiger partial charge on any atom is 0.155 e. The fraction of sp³-hybridized carbons (Fsp3) is 0.133. The Hall–Kier alpha value is -1.51. The van der Waals surface area contributed by atoms with Gasteiger partial charge in [0.05, 0.1) is 10.6 Å². The summed E-state index contributed by atoms with van der Waals surface area (Å²) < 4.78 is 5.62. The topological polar surface area (TPSA) is 26.3 Å². The van der Waals surface area contributed by atoms with Crippen molar-refractivity contribution in [3.05, 3.63) is 63.1 Å². The van der Waals surface area contributed by atoms with E-state index in [0.29, 0.717) is 34.3 Å². The lowest BCUT2D eigenvalue weighted by Gasteiger charge is -2.10. The van der Waals surface area contributed by atoms with Gasteiger partial charge in [0.15, 0.2) is 6.29 Å². The van der Waals surface area contributed by atoms with Crippen LogP contribution in [-0.4, -0.2) is 6.29 Å². The predicted molar refractivity (Wildman–Crippen MR) is 77.4 cm³/mol. The molecule has 0 unspecified atom stereocenters. The molecule has 0 fully saturated rings. The van der Waals surface area contributed by atoms with E-state index in [2.05, 4.69) is 0 Å². The molecular formula is C15H12Cl2O2. The van der Waals surface area contributed by atoms with Crippen LogP contribution in [0.15, 0.2) is 36.4 Å². The van der Waals surface area contributed by atoms with Crippen LogP contribution in [0.3, 0.4) is 0 Å². The van der Waals surface area contributed by atoms with Gasteiger partial charge >= 0.3 is 0 Å². The number of aryl methyl sites for hydroxylation is 1. The van der Waals surface area contributed by atoms with E-state index in [1.165, 1.54) is 11.6 Å². The minimum atomic E-state index is 0.293. The molecule has 0 aliphatic heterocycles. The monoisotopic (exact) mass is 294 g/mol. The lowest BCUT2D eigenvalue weighted by molar-refractivity contribution is 0.111. The Labute approximate surface area is 121 Å². The highest BCUT2D eigenvalue weighted by Crippen LogP contribution is 2.30. The molecule has 0 aliphatic carbocycles. The van der Waals surface area contributed by atoms with Gasteiger partial charge in [-0.15, -0.1) is 0 Å². The number of halogens is 2. The summed E-state index contributed by atoms with van der Waals surface area (Å²) in [6, 6.07) is 11.1. The highest BCUT2D eigenvalue weighted by molar-refractivity contribution is 6.36. The third-order valence-corrected chi connectivity index (χ3v) is 3.22. The molecule has 2 aromatic rings. The summed E-state index contributed by atoms with van der Waals surface area (Å²) in [5, 5.41) is 0.732. The molecule has 4 heteroatoms. The Balaban J connectivity index is 2.19. The minimum Gasteiger partial charge on any atom is -0.488 e. The Morgan fingerprint density at radius 1 is 1.16 bits per heavy atom. The minimum absolute atomic E-state index is 0.293. The van der Waals surface area contributed by atoms with E-state index in [9.17, 15) is 4.79 Å². The van der Waals surface area contributed by atoms with Gasteiger partial charge in [0, 0.05) is 5.02 Å². The van der Waals surface area contributed by atoms with Crippen LogP contribution in [0, 0.1) is 6.92 Å². The first kappa shape index (κ1) is 13.9. The zero-order valence-corrected chi connectivity index (χ0v) is 11.8. The molecule has 2 rings (SSSR count). The van der Waals surface area contributed by atoms with Crippen LogP contribution in [0.25, 0.3) is 0 Å². The summed E-state index contributed by atoms with van der Waals surface area (Å²) in [7, 11) is 0. The number of ether oxygens (including phenoxy) is 1. The Bertz CT molecular complexity index is 592. The zero-order chi connectivity index (χ0) is 13.8. The maximum atomic E-state index is 11.0. The van der Waals surface area contributed by atoms with Gasteiger partial charge in [0.25, 0.3) is 0 Å². The van der Waals surface area contributed by atoms with E-state index in [4.69, 9.17) is 27.9 Å². The lowest BCUT2D eigenvalue weighted by atomic mass is 10.1. The molecule has 0 amide bonds. The van der Waals surface area contributed by atoms with Crippen LogP contribution in [0.2, 0.25) is 10.0 Å². The van der Waals surface area contributed by atoms with Gasteiger partial charge < -0.3 is 4.74 Å². The van der Waals surface area contributed by atoms with E-state index in [0.717, 1.165) is 5.56 Å². The summed E-state index contributed by atoms with van der Waals surface area (Å²) >= 11 is 11.8. The first-order chi connectivity index (χ1) is 9.10. The third-order valence-electron chi connectivity index (χ3n) is 2.69. The van der Waals surface area contributed by atoms with Crippen LogP contribution < -0.4 is 4.74 Å². The molecule has 0 aromatic heterocycles. The molecule has 2 aromatic carbocycles. The third kappa shape index (κ3) is 3.49. The van der Waals surface area contributed by atoms with Gasteiger partial charge in [-0.25, -0.2) is 0 Å². The largest absolute Gasteiger partial charge is 0.488 e. The van der Waals surface area contributed by atoms with Crippen molar-refractivity contribution >= 4 is 29.5 Å². The second kappa shape index (κ2) is 6.09. The fourth-order valence-electron chi connectivity index (χ4n) is 1.64. The molecule has 98 valence electrons. The SMILES string of the molecule is Cc1ccc(COc2cc(Cl)cc(Cl)c2C=O)cc1. The van der Waals surface area contributed by atoms with Gasteiger partial charge in [0.2, 0.25) is 0 Å². The van der Waals surface area contributed by atoms with Crippen LogP contribution in [0.1, 0.15) is 21.5 Å². The molecule has 19 heavy (non-hydrogen) atoms. The summed E-state index contributed by atoms with van der Waals surface area (Å²) in [5.74, 6) is 0.396. The van der Waals surface area contributed by atoms with Crippen molar-refractivity contribution < 1.29 is 9.53 Å². The molecule has 0 bridgehead atoms. The van der Waals surface area contributed by atoms with Gasteiger partial charge in [-0.05, 0) is 24.6 Å². The van der Waals surface area contributed by atoms with E-state index in [1.807, 2.05) is 31.2 Å². The Morgan fingerprint density at radius 2 is 1.84 bits per heavy atom. The molecule has 2 nitrogen and oxygen atoms in total. The highest BCUT2D eigenvalue weighted by atomic mass is 35.5. The van der Waals surface area contributed by atoms with Crippen molar-refractivity contribution in [2.45, 2.75) is 13.5 Å². The number of benzene rings is 2. The molecular weight excluding hydrogens is 283 g/mol. The Morgan fingerprint density at radius 3 is 2.47 bits per heavy atom. The first-order valence-corrected chi connectivity index (χ1v) is 6.48. The van der Waals surface area contributed by atoms with Crippen molar-refractivity contribution in [3.8, 4) is 5.75 Å². The van der Waals surface area contributed by atoms with E-state index in [-0.39, 0.29) is 0 Å². The number of hydrogen-bond acceptors (Lipinski definition) is 2. The molecule has 0 radical (unpaired) electrons. The van der Waals surface area contributed by atoms with Crippen molar-refractivity contribution in [3.63, 3.8) is 0 Å². The smallest absolute Gasteiger partial charge is 0.155 e. The molecule has 0 spiro atoms. The molecule has 0 saturated carbocycles. The molecule has 0 heterocycles. The number of carbonyl (C=O) groups excluding carboxylic acids is 1. The number of carbonyl (C=O) groups is 1. The van der Waals surface area contributed by atoms with Crippen LogP contribution in [-0.2, 0) is 6.61 Å². The van der Waals surface area contributed by atoms with Crippen molar-refractivity contribution in [1.29, 1.82) is 0 Å². The zero-order valence-electron chi connectivity index (χ0n) is 10.3. The maximum absolute atomic E-state index is 11.0. The first-order valence-electron chi connectivity index (χ1n) is 5.72. The normalized spacial score (nSPS) is 10.3. The van der Waals surface area contributed by atoms with E-state index < -0.39 is 0 Å². The van der Waals surface area contributed by atoms with Gasteiger partial charge in [-0.2, -0.15) is 0 Å². The van der Waals surface area contributed by atoms with Crippen molar-refractivity contribution in [2.75, 3.05) is 0 Å². The van der Waals surface area contributed by atoms with E-state index >= 15 is 0 Å². The lowest BCUT2D eigenvalue weighted by Crippen LogP contribution is -1.99. The van der Waals surface area contributed by atoms with Crippen LogP contribution in [0.5, 0.6) is 5.75 Å². The molecule has 0 atom stereocenters. The van der Waals surface area contributed by atoms with Gasteiger partial charge in [-0.3, -0.25) is 4.79 Å². The van der Waals surface area contributed by atoms with Crippen LogP contribution >= 0.6 is 23.2 Å². The van der Waals surface area contributed by atoms with Gasteiger partial charge in [0.1, 0.15) is 12.4 Å². The van der Waals surface area contributed by atoms with Gasteiger partial charge in [-0.1, -0.05) is 53.0 Å². The quantitative estimate of drug-likeness (QED) is 0.765. The van der Waals surface area contributed by atoms with Crippen molar-refractivity contribution in [2.24, 2.45) is 0 Å². The summed E-state index contributed by atoms with van der Waals surface area (Å²) in [5.41, 5.74) is 2.51. The second-order valence-corrected chi connectivity index (χ2v) is 5.04. The Kier molecular flexibility index (Phi) is 4.46. The summed E-state index contributed by atoms with van der Waals surface area (Å²) in [6.45, 7) is 2.38. The fourth-order valence-corrected chi connectivity index (χ4v) is 2.16. The standard InChI is InChI=1S/C15H12Cl2O2/c1-10-2-4-11(5-3-10)9-19-15-7-12(16)6-14(17)13(15)8-18/h2-8H,9H2,1H3. The number of aldehydes is 1. The molecule has 0 aliphatic rings. The number of rotatable bonds is 4. The van der Waals surface area contributed by atoms with E-state index in [1.54, 1.807) is 6.07 Å². The average Bonchev–Trinajstić information content (AvgIpc) is 2.37. The summed E-state index contributed by atoms with van der Waals surface area (Å²) in [6.07, 6.45) is 0.670. The summed E-state index contributed by atoms with van der Waals surface area (Å²) in [4.78, 5) is 11.0. The molecule has 0 saturated heterocycles. The highest BCUT2D eigenvalue weighted by Gasteiger charge is 2.10. The van der Waals surface area contributed by atoms with Crippen LogP contribution in [0.4, 0.5) is 0 Å². The number of hydrogen-bond donors (Lipinski definition) is 0. The predicted octanol–water partition coefficient (Wildman–Crippen LogP) is 4.69. The second-order valence-electron chi connectivity index (χ2n) is 4.19. The molecule has 0 N–H and O–H groups in total. The average molecular weight is 295 g/mol. The van der Waals surface area contributed by atoms with Crippen molar-refractivity contribution in [1.82, 2.24) is 0 Å².